The van der Waals surface area contributed by atoms with Crippen molar-refractivity contribution in [3.05, 3.63) is 48.0 Å². The minimum absolute atomic E-state index is 0.331. The predicted octanol–water partition coefficient (Wildman–Crippen LogP) is 2.87. The molecule has 23 heavy (non-hydrogen) atoms. The topological polar surface area (TPSA) is 110 Å². The van der Waals surface area contributed by atoms with Crippen LogP contribution in [0.5, 0.6) is 0 Å². The Morgan fingerprint density at radius 3 is 2.17 bits per heavy atom. The monoisotopic (exact) mass is 316 g/mol. The molecule has 0 radical (unpaired) electrons. The Balaban J connectivity index is 0.000000231. The maximum atomic E-state index is 8.98. The first-order valence-corrected chi connectivity index (χ1v) is 7.83. The summed E-state index contributed by atoms with van der Waals surface area (Å²) in [5, 5.41) is 12.0. The highest BCUT2D eigenvalue weighted by molar-refractivity contribution is 5.55. The molecule has 0 fully saturated rings. The summed E-state index contributed by atoms with van der Waals surface area (Å²) >= 11 is 0. The van der Waals surface area contributed by atoms with Crippen molar-refractivity contribution >= 4 is 22.7 Å². The van der Waals surface area contributed by atoms with Gasteiger partial charge in [-0.3, -0.25) is 0 Å². The van der Waals surface area contributed by atoms with Gasteiger partial charge in [0.15, 0.2) is 0 Å². The number of hydrogen-bond donors (Lipinski definition) is 5. The van der Waals surface area contributed by atoms with E-state index in [-0.39, 0.29) is 6.10 Å². The molecule has 0 saturated heterocycles. The van der Waals surface area contributed by atoms with Crippen molar-refractivity contribution in [1.29, 1.82) is 0 Å². The van der Waals surface area contributed by atoms with Gasteiger partial charge < -0.3 is 27.6 Å². The summed E-state index contributed by atoms with van der Waals surface area (Å²) in [6, 6.07) is 13.1. The Hall–Kier alpha value is -2.40. The number of nitrogen functional groups attached to an aromatic ring is 3. The second-order valence-corrected chi connectivity index (χ2v) is 5.56. The standard InChI is InChI=1S/C9H14N2O.C9H14N2/c1-7(12)6-11-9-4-2-8(10)3-5-9;1-2-3-7-6-8(10)4-5-9(7)11/h2-5,7,11-12H,6,10H2,1H3;4-6H,2-3,10-11H2,1H3. The second-order valence-electron chi connectivity index (χ2n) is 5.56. The van der Waals surface area contributed by atoms with Crippen LogP contribution in [0.3, 0.4) is 0 Å². The number of nitrogens with one attached hydrogen (secondary N) is 1. The van der Waals surface area contributed by atoms with E-state index in [1.54, 1.807) is 6.92 Å². The summed E-state index contributed by atoms with van der Waals surface area (Å²) in [6.45, 7) is 4.43. The van der Waals surface area contributed by atoms with E-state index in [0.717, 1.165) is 41.2 Å². The third-order valence-corrected chi connectivity index (χ3v) is 3.20. The molecule has 0 heterocycles. The van der Waals surface area contributed by atoms with E-state index < -0.39 is 0 Å². The quantitative estimate of drug-likeness (QED) is 0.545. The Bertz CT molecular complexity index is 582. The first kappa shape index (κ1) is 18.6. The second kappa shape index (κ2) is 9.58. The number of rotatable bonds is 5. The summed E-state index contributed by atoms with van der Waals surface area (Å²) in [5.41, 5.74) is 21.4. The molecule has 0 saturated carbocycles. The number of aliphatic hydroxyl groups excluding tert-OH is 1. The molecule has 0 aliphatic heterocycles. The van der Waals surface area contributed by atoms with E-state index in [4.69, 9.17) is 22.3 Å². The summed E-state index contributed by atoms with van der Waals surface area (Å²) in [6.07, 6.45) is 1.78. The smallest absolute Gasteiger partial charge is 0.0684 e. The minimum atomic E-state index is -0.331. The van der Waals surface area contributed by atoms with E-state index in [1.807, 2.05) is 42.5 Å². The minimum Gasteiger partial charge on any atom is -0.399 e. The van der Waals surface area contributed by atoms with E-state index >= 15 is 0 Å². The van der Waals surface area contributed by atoms with Crippen molar-refractivity contribution in [2.24, 2.45) is 0 Å². The average molecular weight is 316 g/mol. The van der Waals surface area contributed by atoms with Crippen LogP contribution in [-0.4, -0.2) is 17.8 Å². The third-order valence-electron chi connectivity index (χ3n) is 3.20. The lowest BCUT2D eigenvalue weighted by atomic mass is 10.1. The van der Waals surface area contributed by atoms with Crippen molar-refractivity contribution in [2.45, 2.75) is 32.8 Å². The fraction of sp³-hybridized carbons (Fsp3) is 0.333. The van der Waals surface area contributed by atoms with Crippen LogP contribution >= 0.6 is 0 Å². The molecule has 5 heteroatoms. The Kier molecular flexibility index (Phi) is 7.77. The number of hydrogen-bond acceptors (Lipinski definition) is 5. The van der Waals surface area contributed by atoms with E-state index in [1.165, 1.54) is 0 Å². The number of anilines is 4. The lowest BCUT2D eigenvalue weighted by Gasteiger charge is -2.07. The van der Waals surface area contributed by atoms with Gasteiger partial charge in [0, 0.05) is 29.3 Å². The first-order valence-electron chi connectivity index (χ1n) is 7.83. The summed E-state index contributed by atoms with van der Waals surface area (Å²) in [4.78, 5) is 0. The molecule has 8 N–H and O–H groups in total. The molecule has 0 bridgehead atoms. The lowest BCUT2D eigenvalue weighted by Crippen LogP contribution is -2.15. The SMILES string of the molecule is CC(O)CNc1ccc(N)cc1.CCCc1cc(N)ccc1N. The normalized spacial score (nSPS) is 11.3. The van der Waals surface area contributed by atoms with Gasteiger partial charge in [0.2, 0.25) is 0 Å². The molecule has 1 unspecified atom stereocenters. The van der Waals surface area contributed by atoms with Crippen LogP contribution in [0, 0.1) is 0 Å². The molecule has 2 aromatic rings. The number of nitrogens with two attached hydrogens (primary N) is 3. The fourth-order valence-corrected chi connectivity index (χ4v) is 1.98. The molecule has 0 spiro atoms. The van der Waals surface area contributed by atoms with Crippen LogP contribution in [0.1, 0.15) is 25.8 Å². The van der Waals surface area contributed by atoms with Crippen molar-refractivity contribution in [3.63, 3.8) is 0 Å². The highest BCUT2D eigenvalue weighted by Gasteiger charge is 1.97. The Morgan fingerprint density at radius 1 is 1.00 bits per heavy atom. The van der Waals surface area contributed by atoms with Gasteiger partial charge in [-0.2, -0.15) is 0 Å². The molecule has 2 aromatic carbocycles. The molecule has 2 rings (SSSR count). The van der Waals surface area contributed by atoms with Crippen LogP contribution in [0.2, 0.25) is 0 Å². The maximum Gasteiger partial charge on any atom is 0.0684 e. The predicted molar refractivity (Wildman–Crippen MR) is 100 cm³/mol. The van der Waals surface area contributed by atoms with Crippen LogP contribution in [0.25, 0.3) is 0 Å². The van der Waals surface area contributed by atoms with Gasteiger partial charge in [-0.1, -0.05) is 13.3 Å². The fourth-order valence-electron chi connectivity index (χ4n) is 1.98. The van der Waals surface area contributed by atoms with Crippen LogP contribution < -0.4 is 22.5 Å². The molecule has 1 atom stereocenters. The van der Waals surface area contributed by atoms with E-state index in [2.05, 4.69) is 12.2 Å². The molecule has 0 aliphatic carbocycles. The molecule has 0 amide bonds. The molecule has 0 aliphatic rings. The van der Waals surface area contributed by atoms with Gasteiger partial charge in [-0.15, -0.1) is 0 Å². The summed E-state index contributed by atoms with van der Waals surface area (Å²) in [7, 11) is 0. The van der Waals surface area contributed by atoms with Gasteiger partial charge >= 0.3 is 0 Å². The zero-order valence-corrected chi connectivity index (χ0v) is 13.9. The van der Waals surface area contributed by atoms with Crippen LogP contribution in [-0.2, 0) is 6.42 Å². The molecule has 126 valence electrons. The largest absolute Gasteiger partial charge is 0.399 e. The van der Waals surface area contributed by atoms with Crippen molar-refractivity contribution in [3.8, 4) is 0 Å². The van der Waals surface area contributed by atoms with Crippen molar-refractivity contribution in [1.82, 2.24) is 0 Å². The van der Waals surface area contributed by atoms with E-state index in [0.29, 0.717) is 6.54 Å². The molecular weight excluding hydrogens is 288 g/mol. The Morgan fingerprint density at radius 2 is 1.61 bits per heavy atom. The highest BCUT2D eigenvalue weighted by Crippen LogP contribution is 2.16. The number of benzene rings is 2. The lowest BCUT2D eigenvalue weighted by molar-refractivity contribution is 0.208. The van der Waals surface area contributed by atoms with Gasteiger partial charge in [0.1, 0.15) is 0 Å². The van der Waals surface area contributed by atoms with Crippen LogP contribution in [0.15, 0.2) is 42.5 Å². The average Bonchev–Trinajstić information content (AvgIpc) is 2.51. The Labute approximate surface area is 138 Å². The molecule has 0 aromatic heterocycles. The van der Waals surface area contributed by atoms with Gasteiger partial charge in [-0.05, 0) is 61.4 Å². The molecule has 5 nitrogen and oxygen atoms in total. The molecular formula is C18H28N4O. The highest BCUT2D eigenvalue weighted by atomic mass is 16.3. The first-order chi connectivity index (χ1) is 10.9. The maximum absolute atomic E-state index is 8.98. The summed E-state index contributed by atoms with van der Waals surface area (Å²) in [5.74, 6) is 0. The van der Waals surface area contributed by atoms with Gasteiger partial charge in [-0.25, -0.2) is 0 Å². The van der Waals surface area contributed by atoms with Crippen LogP contribution in [0.4, 0.5) is 22.7 Å². The van der Waals surface area contributed by atoms with E-state index in [9.17, 15) is 0 Å². The number of aryl methyl sites for hydroxylation is 1. The zero-order chi connectivity index (χ0) is 17.2. The number of aliphatic hydroxyl groups is 1. The zero-order valence-electron chi connectivity index (χ0n) is 13.9. The van der Waals surface area contributed by atoms with Crippen molar-refractivity contribution in [2.75, 3.05) is 29.1 Å². The third kappa shape index (κ3) is 7.42. The summed E-state index contributed by atoms with van der Waals surface area (Å²) < 4.78 is 0. The van der Waals surface area contributed by atoms with Gasteiger partial charge in [0.25, 0.3) is 0 Å². The van der Waals surface area contributed by atoms with Gasteiger partial charge in [0.05, 0.1) is 6.10 Å². The van der Waals surface area contributed by atoms with Crippen molar-refractivity contribution < 1.29 is 5.11 Å².